The van der Waals surface area contributed by atoms with Crippen LogP contribution >= 0.6 is 0 Å². The monoisotopic (exact) mass is 238 g/mol. The Kier molecular flexibility index (Phi) is 3.78. The summed E-state index contributed by atoms with van der Waals surface area (Å²) in [6, 6.07) is -0.279. The van der Waals surface area contributed by atoms with Crippen LogP contribution in [-0.4, -0.2) is 39.3 Å². The van der Waals surface area contributed by atoms with E-state index in [2.05, 4.69) is 25.6 Å². The second-order valence-corrected chi connectivity index (χ2v) is 3.55. The summed E-state index contributed by atoms with van der Waals surface area (Å²) in [5.41, 5.74) is 6.44. The average Bonchev–Trinajstić information content (AvgIpc) is 3.00. The second-order valence-electron chi connectivity index (χ2n) is 3.55. The third-order valence-electron chi connectivity index (χ3n) is 2.27. The van der Waals surface area contributed by atoms with Gasteiger partial charge in [-0.2, -0.15) is 20.4 Å². The minimum absolute atomic E-state index is 0.279. The van der Waals surface area contributed by atoms with Crippen LogP contribution in [0.5, 0.6) is 0 Å². The molecule has 0 aliphatic carbocycles. The van der Waals surface area contributed by atoms with Gasteiger partial charge in [0.25, 0.3) is 0 Å². The highest BCUT2D eigenvalue weighted by Gasteiger charge is 2.16. The van der Waals surface area contributed by atoms with E-state index in [4.69, 9.17) is 15.0 Å². The average molecular weight is 238 g/mol. The number of aromatic amines is 1. The van der Waals surface area contributed by atoms with Crippen LogP contribution in [0.2, 0.25) is 0 Å². The Morgan fingerprint density at radius 1 is 1.59 bits per heavy atom. The van der Waals surface area contributed by atoms with Gasteiger partial charge in [0.1, 0.15) is 0 Å². The van der Waals surface area contributed by atoms with E-state index >= 15 is 0 Å². The SMILES string of the molecule is COCCCC(N)c1nc(-c2cn[nH]n2)no1. The Morgan fingerprint density at radius 3 is 3.18 bits per heavy atom. The van der Waals surface area contributed by atoms with E-state index in [1.165, 1.54) is 6.20 Å². The van der Waals surface area contributed by atoms with Crippen LogP contribution in [0.15, 0.2) is 10.7 Å². The number of nitrogens with two attached hydrogens (primary N) is 1. The zero-order chi connectivity index (χ0) is 12.1. The van der Waals surface area contributed by atoms with Crippen LogP contribution in [0, 0.1) is 0 Å². The Balaban J connectivity index is 1.98. The molecule has 2 heterocycles. The molecule has 0 saturated heterocycles. The molecule has 0 fully saturated rings. The molecule has 0 radical (unpaired) electrons. The number of hydrogen-bond acceptors (Lipinski definition) is 7. The van der Waals surface area contributed by atoms with Gasteiger partial charge in [-0.25, -0.2) is 0 Å². The lowest BCUT2D eigenvalue weighted by Crippen LogP contribution is -2.11. The van der Waals surface area contributed by atoms with Crippen LogP contribution in [-0.2, 0) is 4.74 Å². The Bertz CT molecular complexity index is 440. The van der Waals surface area contributed by atoms with Crippen molar-refractivity contribution in [1.82, 2.24) is 25.6 Å². The van der Waals surface area contributed by atoms with Crippen molar-refractivity contribution in [2.45, 2.75) is 18.9 Å². The Labute approximate surface area is 97.5 Å². The molecule has 0 saturated carbocycles. The molecule has 0 amide bonds. The van der Waals surface area contributed by atoms with E-state index in [1.54, 1.807) is 7.11 Å². The lowest BCUT2D eigenvalue weighted by atomic mass is 10.2. The number of hydrogen-bond donors (Lipinski definition) is 2. The van der Waals surface area contributed by atoms with Crippen LogP contribution < -0.4 is 5.73 Å². The molecular formula is C9H14N6O2. The first-order valence-electron chi connectivity index (χ1n) is 5.25. The topological polar surface area (TPSA) is 116 Å². The third-order valence-corrected chi connectivity index (χ3v) is 2.27. The number of methoxy groups -OCH3 is 1. The molecule has 3 N–H and O–H groups in total. The molecule has 0 aliphatic rings. The van der Waals surface area contributed by atoms with Gasteiger partial charge in [-0.1, -0.05) is 5.16 Å². The highest BCUT2D eigenvalue weighted by molar-refractivity contribution is 5.44. The van der Waals surface area contributed by atoms with Crippen molar-refractivity contribution < 1.29 is 9.26 Å². The second kappa shape index (κ2) is 5.51. The van der Waals surface area contributed by atoms with Crippen LogP contribution in [0.4, 0.5) is 0 Å². The van der Waals surface area contributed by atoms with Gasteiger partial charge in [0, 0.05) is 13.7 Å². The maximum atomic E-state index is 5.91. The number of nitrogens with zero attached hydrogens (tertiary/aromatic N) is 4. The minimum atomic E-state index is -0.279. The van der Waals surface area contributed by atoms with Crippen LogP contribution in [0.1, 0.15) is 24.8 Å². The Morgan fingerprint density at radius 2 is 2.47 bits per heavy atom. The summed E-state index contributed by atoms with van der Waals surface area (Å²) in [4.78, 5) is 4.17. The van der Waals surface area contributed by atoms with Gasteiger partial charge >= 0.3 is 0 Å². The predicted molar refractivity (Wildman–Crippen MR) is 57.7 cm³/mol. The minimum Gasteiger partial charge on any atom is -0.385 e. The lowest BCUT2D eigenvalue weighted by molar-refractivity contribution is 0.188. The number of ether oxygens (including phenoxy) is 1. The van der Waals surface area contributed by atoms with Crippen molar-refractivity contribution in [2.24, 2.45) is 5.73 Å². The summed E-state index contributed by atoms with van der Waals surface area (Å²) in [6.45, 7) is 0.665. The maximum Gasteiger partial charge on any atom is 0.243 e. The first kappa shape index (κ1) is 11.7. The molecule has 0 spiro atoms. The summed E-state index contributed by atoms with van der Waals surface area (Å²) in [6.07, 6.45) is 3.10. The van der Waals surface area contributed by atoms with Crippen molar-refractivity contribution in [3.05, 3.63) is 12.1 Å². The summed E-state index contributed by atoms with van der Waals surface area (Å²) < 4.78 is 10.0. The summed E-state index contributed by atoms with van der Waals surface area (Å²) in [7, 11) is 1.65. The summed E-state index contributed by atoms with van der Waals surface area (Å²) >= 11 is 0. The third kappa shape index (κ3) is 2.86. The lowest BCUT2D eigenvalue weighted by Gasteiger charge is -2.04. The van der Waals surface area contributed by atoms with Gasteiger partial charge in [-0.05, 0) is 12.8 Å². The van der Waals surface area contributed by atoms with Crippen molar-refractivity contribution in [2.75, 3.05) is 13.7 Å². The number of nitrogens with one attached hydrogen (secondary N) is 1. The van der Waals surface area contributed by atoms with Gasteiger partial charge < -0.3 is 15.0 Å². The molecule has 1 unspecified atom stereocenters. The van der Waals surface area contributed by atoms with Crippen molar-refractivity contribution in [3.63, 3.8) is 0 Å². The van der Waals surface area contributed by atoms with Gasteiger partial charge in [-0.3, -0.25) is 0 Å². The highest BCUT2D eigenvalue weighted by atomic mass is 16.5. The molecule has 1 atom stereocenters. The van der Waals surface area contributed by atoms with Gasteiger partial charge in [-0.15, -0.1) is 0 Å². The molecular weight excluding hydrogens is 224 g/mol. The molecule has 92 valence electrons. The maximum absolute atomic E-state index is 5.91. The van der Waals surface area contributed by atoms with Crippen LogP contribution in [0.3, 0.4) is 0 Å². The molecule has 0 aliphatic heterocycles. The van der Waals surface area contributed by atoms with Gasteiger partial charge in [0.2, 0.25) is 11.7 Å². The number of rotatable bonds is 6. The fourth-order valence-corrected chi connectivity index (χ4v) is 1.37. The summed E-state index contributed by atoms with van der Waals surface area (Å²) in [5, 5.41) is 13.8. The molecule has 0 bridgehead atoms. The largest absolute Gasteiger partial charge is 0.385 e. The Hall–Kier alpha value is -1.80. The van der Waals surface area contributed by atoms with Crippen molar-refractivity contribution in [1.29, 1.82) is 0 Å². The normalized spacial score (nSPS) is 12.8. The zero-order valence-corrected chi connectivity index (χ0v) is 9.46. The molecule has 8 heteroatoms. The molecule has 8 nitrogen and oxygen atoms in total. The highest BCUT2D eigenvalue weighted by Crippen LogP contribution is 2.17. The fraction of sp³-hybridized carbons (Fsp3) is 0.556. The number of aromatic nitrogens is 5. The fourth-order valence-electron chi connectivity index (χ4n) is 1.37. The van der Waals surface area contributed by atoms with E-state index in [0.29, 0.717) is 24.0 Å². The van der Waals surface area contributed by atoms with Crippen molar-refractivity contribution in [3.8, 4) is 11.5 Å². The molecule has 17 heavy (non-hydrogen) atoms. The zero-order valence-electron chi connectivity index (χ0n) is 9.46. The first-order valence-corrected chi connectivity index (χ1v) is 5.25. The van der Waals surface area contributed by atoms with E-state index in [1.807, 2.05) is 0 Å². The smallest absolute Gasteiger partial charge is 0.243 e. The van der Waals surface area contributed by atoms with Gasteiger partial charge in [0.05, 0.1) is 12.2 Å². The molecule has 2 aromatic heterocycles. The standard InChI is InChI=1S/C9H14N6O2/c1-16-4-2-3-6(10)9-12-8(14-17-9)7-5-11-15-13-7/h5-6H,2-4,10H2,1H3,(H,11,13,15). The van der Waals surface area contributed by atoms with E-state index in [-0.39, 0.29) is 6.04 Å². The summed E-state index contributed by atoms with van der Waals surface area (Å²) in [5.74, 6) is 0.787. The molecule has 0 aromatic carbocycles. The van der Waals surface area contributed by atoms with E-state index in [9.17, 15) is 0 Å². The van der Waals surface area contributed by atoms with E-state index in [0.717, 1.165) is 12.8 Å². The predicted octanol–water partition coefficient (Wildman–Crippen LogP) is 0.281. The number of H-pyrrole nitrogens is 1. The first-order chi connectivity index (χ1) is 8.31. The quantitative estimate of drug-likeness (QED) is 0.694. The molecule has 2 aromatic rings. The van der Waals surface area contributed by atoms with Gasteiger partial charge in [0.15, 0.2) is 5.69 Å². The van der Waals surface area contributed by atoms with Crippen LogP contribution in [0.25, 0.3) is 11.5 Å². The van der Waals surface area contributed by atoms with Crippen molar-refractivity contribution >= 4 is 0 Å². The molecule has 2 rings (SSSR count). The van der Waals surface area contributed by atoms with E-state index < -0.39 is 0 Å².